The maximum absolute atomic E-state index is 12.9. The molecule has 0 aromatic carbocycles. The van der Waals surface area contributed by atoms with Crippen LogP contribution in [-0.2, 0) is 28.6 Å². The van der Waals surface area contributed by atoms with E-state index >= 15 is 0 Å². The summed E-state index contributed by atoms with van der Waals surface area (Å²) in [6, 6.07) is 0. The van der Waals surface area contributed by atoms with Crippen molar-refractivity contribution in [1.82, 2.24) is 0 Å². The molecule has 0 radical (unpaired) electrons. The Morgan fingerprint density at radius 1 is 0.266 bits per heavy atom. The first-order valence-corrected chi connectivity index (χ1v) is 33.0. The monoisotopic (exact) mass is 1090 g/mol. The molecule has 0 heterocycles. The molecule has 0 aromatic rings. The van der Waals surface area contributed by atoms with Crippen LogP contribution in [-0.4, -0.2) is 37.2 Å². The molecule has 0 saturated carbocycles. The highest BCUT2D eigenvalue weighted by atomic mass is 16.6. The minimum absolute atomic E-state index is 0.0835. The van der Waals surface area contributed by atoms with Gasteiger partial charge in [0.2, 0.25) is 0 Å². The van der Waals surface area contributed by atoms with E-state index in [1.54, 1.807) is 0 Å². The molecule has 0 aliphatic heterocycles. The van der Waals surface area contributed by atoms with Gasteiger partial charge in [0, 0.05) is 19.3 Å². The van der Waals surface area contributed by atoms with Crippen molar-refractivity contribution in [1.29, 1.82) is 0 Å². The van der Waals surface area contributed by atoms with Gasteiger partial charge in [-0.2, -0.15) is 0 Å². The summed E-state index contributed by atoms with van der Waals surface area (Å²) in [4.78, 5) is 38.1. The predicted molar refractivity (Wildman–Crippen MR) is 343 cm³/mol. The van der Waals surface area contributed by atoms with Crippen LogP contribution >= 0.6 is 0 Å². The Balaban J connectivity index is 4.14. The highest BCUT2D eigenvalue weighted by Crippen LogP contribution is 2.16. The van der Waals surface area contributed by atoms with Crippen LogP contribution in [0.5, 0.6) is 0 Å². The highest BCUT2D eigenvalue weighted by Gasteiger charge is 2.19. The predicted octanol–water partition coefficient (Wildman–Crippen LogP) is 22.8. The lowest BCUT2D eigenvalue weighted by Crippen LogP contribution is -2.30. The smallest absolute Gasteiger partial charge is 0.306 e. The largest absolute Gasteiger partial charge is 0.462 e. The van der Waals surface area contributed by atoms with Gasteiger partial charge >= 0.3 is 17.9 Å². The molecule has 0 amide bonds. The van der Waals surface area contributed by atoms with E-state index < -0.39 is 6.10 Å². The van der Waals surface area contributed by atoms with Gasteiger partial charge in [0.1, 0.15) is 13.2 Å². The Morgan fingerprint density at radius 3 is 0.772 bits per heavy atom. The number of hydrogen-bond donors (Lipinski definition) is 0. The van der Waals surface area contributed by atoms with Crippen LogP contribution in [0.2, 0.25) is 0 Å². The maximum atomic E-state index is 12.9. The number of carbonyl (C=O) groups excluding carboxylic acids is 3. The van der Waals surface area contributed by atoms with E-state index in [1.165, 1.54) is 128 Å². The van der Waals surface area contributed by atoms with E-state index in [0.717, 1.165) is 135 Å². The molecule has 0 rings (SSSR count). The number of carbonyl (C=O) groups is 3. The normalized spacial score (nSPS) is 12.9. The molecule has 6 nitrogen and oxygen atoms in total. The van der Waals surface area contributed by atoms with Gasteiger partial charge in [-0.3, -0.25) is 14.4 Å². The quantitative estimate of drug-likeness (QED) is 0.0261. The maximum Gasteiger partial charge on any atom is 0.306 e. The Bertz CT molecular complexity index is 1640. The van der Waals surface area contributed by atoms with Crippen LogP contribution < -0.4 is 0 Å². The van der Waals surface area contributed by atoms with E-state index in [9.17, 15) is 14.4 Å². The van der Waals surface area contributed by atoms with Crippen molar-refractivity contribution in [2.24, 2.45) is 0 Å². The Hall–Kier alpha value is -4.19. The van der Waals surface area contributed by atoms with Gasteiger partial charge in [0.15, 0.2) is 6.10 Å². The molecule has 0 N–H and O–H groups in total. The van der Waals surface area contributed by atoms with Crippen molar-refractivity contribution in [2.75, 3.05) is 13.2 Å². The molecule has 1 atom stereocenters. The molecule has 6 heteroatoms. The van der Waals surface area contributed by atoms with Gasteiger partial charge in [0.05, 0.1) is 0 Å². The van der Waals surface area contributed by atoms with Crippen molar-refractivity contribution in [2.45, 2.75) is 309 Å². The first kappa shape index (κ1) is 74.8. The van der Waals surface area contributed by atoms with Crippen LogP contribution in [0, 0.1) is 0 Å². The third-order valence-electron chi connectivity index (χ3n) is 14.0. The van der Waals surface area contributed by atoms with Gasteiger partial charge in [-0.05, 0) is 109 Å². The summed E-state index contributed by atoms with van der Waals surface area (Å²) in [6.45, 7) is 6.38. The average Bonchev–Trinajstić information content (AvgIpc) is 3.45. The highest BCUT2D eigenvalue weighted by molar-refractivity contribution is 5.71. The van der Waals surface area contributed by atoms with Gasteiger partial charge in [0.25, 0.3) is 0 Å². The fraction of sp³-hybridized carbons (Fsp3) is 0.685. The molecule has 450 valence electrons. The van der Waals surface area contributed by atoms with Crippen LogP contribution in [0.15, 0.2) is 122 Å². The standard InChI is InChI=1S/C73H122O6/c1-4-7-10-13-16-18-20-22-24-26-28-30-32-34-35-36-37-39-40-42-44-46-48-50-52-54-57-60-63-66-72(75)78-69-70(68-77-71(74)65-62-59-56-15-12-9-6-3)79-73(76)67-64-61-58-55-53-51-49-47-45-43-41-38-33-31-29-27-25-23-21-19-17-14-11-8-5-2/h7-8,10-11,16-19,22-25,28-31,38,41,45,47,70H,4-6,9,12-15,20-21,26-27,32-37,39-40,42-44,46,48-69H2,1-3H3/b10-7-,11-8-,18-16-,19-17-,24-22-,25-23-,30-28-,31-29-,41-38-,47-45-. The van der Waals surface area contributed by atoms with Gasteiger partial charge in [-0.25, -0.2) is 0 Å². The van der Waals surface area contributed by atoms with Crippen molar-refractivity contribution in [3.63, 3.8) is 0 Å². The molecule has 0 saturated heterocycles. The number of hydrogen-bond acceptors (Lipinski definition) is 6. The summed E-state index contributed by atoms with van der Waals surface area (Å²) < 4.78 is 16.8. The number of ether oxygens (including phenoxy) is 3. The summed E-state index contributed by atoms with van der Waals surface area (Å²) in [5, 5.41) is 0. The summed E-state index contributed by atoms with van der Waals surface area (Å²) >= 11 is 0. The van der Waals surface area contributed by atoms with E-state index in [1.807, 2.05) is 0 Å². The Kier molecular flexibility index (Phi) is 62.8. The van der Waals surface area contributed by atoms with Crippen molar-refractivity contribution >= 4 is 17.9 Å². The molecule has 0 fully saturated rings. The minimum Gasteiger partial charge on any atom is -0.462 e. The Labute approximate surface area is 488 Å². The third-order valence-corrected chi connectivity index (χ3v) is 14.0. The number of rotatable bonds is 59. The lowest BCUT2D eigenvalue weighted by Gasteiger charge is -2.18. The fourth-order valence-corrected chi connectivity index (χ4v) is 9.09. The third kappa shape index (κ3) is 64.5. The summed E-state index contributed by atoms with van der Waals surface area (Å²) in [7, 11) is 0. The van der Waals surface area contributed by atoms with Crippen molar-refractivity contribution in [3.8, 4) is 0 Å². The average molecular weight is 1100 g/mol. The number of unbranched alkanes of at least 4 members (excludes halogenated alkanes) is 28. The summed E-state index contributed by atoms with van der Waals surface area (Å²) in [6.07, 6.45) is 92.4. The zero-order valence-corrected chi connectivity index (χ0v) is 51.6. The first-order chi connectivity index (χ1) is 39.0. The molecular formula is C73H122O6. The van der Waals surface area contributed by atoms with Crippen LogP contribution in [0.1, 0.15) is 303 Å². The SMILES string of the molecule is CC/C=C\C/C=C\C/C=C\C/C=C\C/C=C\C/C=C\CCCCCCCCC(=O)OC(COC(=O)CCCCCCCCC)COC(=O)CCCCCCCCCCCCCCCCCC/C=C\C/C=C\C/C=C\C/C=C\CC. The molecule has 0 aromatic heterocycles. The second-order valence-corrected chi connectivity index (χ2v) is 21.6. The second-order valence-electron chi connectivity index (χ2n) is 21.6. The van der Waals surface area contributed by atoms with E-state index in [2.05, 4.69) is 142 Å². The molecule has 1 unspecified atom stereocenters. The zero-order valence-electron chi connectivity index (χ0n) is 51.6. The summed E-state index contributed by atoms with van der Waals surface area (Å²) in [5.74, 6) is -0.898. The van der Waals surface area contributed by atoms with Gasteiger partial charge in [-0.15, -0.1) is 0 Å². The van der Waals surface area contributed by atoms with Crippen LogP contribution in [0.4, 0.5) is 0 Å². The Morgan fingerprint density at radius 2 is 0.494 bits per heavy atom. The molecule has 0 spiro atoms. The van der Waals surface area contributed by atoms with Crippen LogP contribution in [0.3, 0.4) is 0 Å². The van der Waals surface area contributed by atoms with E-state index in [-0.39, 0.29) is 31.1 Å². The second kappa shape index (κ2) is 66.3. The van der Waals surface area contributed by atoms with Gasteiger partial charge in [-0.1, -0.05) is 296 Å². The molecule has 79 heavy (non-hydrogen) atoms. The summed E-state index contributed by atoms with van der Waals surface area (Å²) in [5.41, 5.74) is 0. The molecule has 0 aliphatic carbocycles. The zero-order chi connectivity index (χ0) is 57.1. The van der Waals surface area contributed by atoms with Crippen molar-refractivity contribution in [3.05, 3.63) is 122 Å². The number of allylic oxidation sites excluding steroid dienone is 20. The topological polar surface area (TPSA) is 78.9 Å². The fourth-order valence-electron chi connectivity index (χ4n) is 9.09. The molecule has 0 aliphatic rings. The van der Waals surface area contributed by atoms with Crippen molar-refractivity contribution < 1.29 is 28.6 Å². The van der Waals surface area contributed by atoms with Crippen LogP contribution in [0.25, 0.3) is 0 Å². The first-order valence-electron chi connectivity index (χ1n) is 33.0. The number of esters is 3. The molecule has 0 bridgehead atoms. The van der Waals surface area contributed by atoms with E-state index in [0.29, 0.717) is 19.3 Å². The lowest BCUT2D eigenvalue weighted by molar-refractivity contribution is -0.167. The van der Waals surface area contributed by atoms with E-state index in [4.69, 9.17) is 14.2 Å². The molecular weight excluding hydrogens is 973 g/mol. The minimum atomic E-state index is -0.786. The lowest BCUT2D eigenvalue weighted by atomic mass is 10.0. The van der Waals surface area contributed by atoms with Gasteiger partial charge < -0.3 is 14.2 Å².